The summed E-state index contributed by atoms with van der Waals surface area (Å²) in [6.07, 6.45) is 0. The van der Waals surface area contributed by atoms with E-state index >= 15 is 0 Å². The van der Waals surface area contributed by atoms with E-state index in [1.807, 2.05) is 0 Å². The van der Waals surface area contributed by atoms with Gasteiger partial charge in [-0.3, -0.25) is 4.72 Å². The number of hydrogen-bond donors (Lipinski definition) is 2. The van der Waals surface area contributed by atoms with Crippen LogP contribution in [0.3, 0.4) is 0 Å². The highest BCUT2D eigenvalue weighted by Gasteiger charge is 2.18. The van der Waals surface area contributed by atoms with Crippen molar-refractivity contribution < 1.29 is 18.3 Å². The average Bonchev–Trinajstić information content (AvgIpc) is 2.47. The molecule has 7 heteroatoms. The lowest BCUT2D eigenvalue weighted by Crippen LogP contribution is -2.15. The van der Waals surface area contributed by atoms with Gasteiger partial charge in [0, 0.05) is 0 Å². The molecular formula is C14H14ClNO4S. The van der Waals surface area contributed by atoms with E-state index < -0.39 is 10.0 Å². The van der Waals surface area contributed by atoms with Crippen molar-refractivity contribution in [2.24, 2.45) is 0 Å². The number of anilines is 1. The molecule has 2 aromatic rings. The van der Waals surface area contributed by atoms with Crippen LogP contribution in [0.5, 0.6) is 5.75 Å². The number of methoxy groups -OCH3 is 1. The lowest BCUT2D eigenvalue weighted by molar-refractivity contribution is 0.278. The summed E-state index contributed by atoms with van der Waals surface area (Å²) in [6, 6.07) is 10.8. The first-order valence-corrected chi connectivity index (χ1v) is 7.89. The van der Waals surface area contributed by atoms with E-state index in [0.717, 1.165) is 0 Å². The molecule has 0 saturated heterocycles. The first-order chi connectivity index (χ1) is 9.97. The van der Waals surface area contributed by atoms with Crippen molar-refractivity contribution in [2.45, 2.75) is 11.5 Å². The molecule has 0 amide bonds. The van der Waals surface area contributed by atoms with E-state index in [2.05, 4.69) is 4.72 Å². The number of hydrogen-bond acceptors (Lipinski definition) is 4. The molecule has 0 atom stereocenters. The Morgan fingerprint density at radius 3 is 2.57 bits per heavy atom. The highest BCUT2D eigenvalue weighted by atomic mass is 35.5. The van der Waals surface area contributed by atoms with Crippen molar-refractivity contribution >= 4 is 27.3 Å². The number of halogens is 1. The van der Waals surface area contributed by atoms with E-state index in [1.54, 1.807) is 30.3 Å². The highest BCUT2D eigenvalue weighted by Crippen LogP contribution is 2.28. The summed E-state index contributed by atoms with van der Waals surface area (Å²) in [6.45, 7) is -0.361. The quantitative estimate of drug-likeness (QED) is 0.885. The number of rotatable bonds is 5. The molecule has 2 N–H and O–H groups in total. The molecular weight excluding hydrogens is 314 g/mol. The van der Waals surface area contributed by atoms with Crippen LogP contribution in [0.2, 0.25) is 5.02 Å². The van der Waals surface area contributed by atoms with Crippen LogP contribution < -0.4 is 9.46 Å². The normalized spacial score (nSPS) is 11.2. The standard InChI is InChI=1S/C14H14ClNO4S/c1-20-13-7-6-11(8-12(13)15)16-21(18,19)14-5-3-2-4-10(14)9-17/h2-8,16-17H,9H2,1H3. The molecule has 0 heterocycles. The maximum absolute atomic E-state index is 12.4. The molecule has 2 rings (SSSR count). The second kappa shape index (κ2) is 6.34. The molecule has 112 valence electrons. The second-order valence-electron chi connectivity index (χ2n) is 4.22. The molecule has 0 saturated carbocycles. The lowest BCUT2D eigenvalue weighted by Gasteiger charge is -2.12. The maximum atomic E-state index is 12.4. The summed E-state index contributed by atoms with van der Waals surface area (Å²) in [4.78, 5) is 0.0273. The Bertz CT molecular complexity index is 746. The van der Waals surface area contributed by atoms with Gasteiger partial charge < -0.3 is 9.84 Å². The van der Waals surface area contributed by atoms with E-state index in [9.17, 15) is 13.5 Å². The van der Waals surface area contributed by atoms with Crippen LogP contribution in [-0.2, 0) is 16.6 Å². The first kappa shape index (κ1) is 15.6. The predicted molar refractivity (Wildman–Crippen MR) is 81.2 cm³/mol. The Morgan fingerprint density at radius 2 is 1.95 bits per heavy atom. The summed E-state index contributed by atoms with van der Waals surface area (Å²) < 4.78 is 32.1. The fourth-order valence-electron chi connectivity index (χ4n) is 1.84. The monoisotopic (exact) mass is 327 g/mol. The molecule has 2 aromatic carbocycles. The minimum Gasteiger partial charge on any atom is -0.495 e. The fraction of sp³-hybridized carbons (Fsp3) is 0.143. The molecule has 21 heavy (non-hydrogen) atoms. The Labute approximate surface area is 128 Å². The molecule has 5 nitrogen and oxygen atoms in total. The molecule has 0 spiro atoms. The zero-order chi connectivity index (χ0) is 15.5. The lowest BCUT2D eigenvalue weighted by atomic mass is 10.2. The molecule has 0 radical (unpaired) electrons. The van der Waals surface area contributed by atoms with Crippen molar-refractivity contribution in [1.82, 2.24) is 0 Å². The summed E-state index contributed by atoms with van der Waals surface area (Å²) in [5.41, 5.74) is 0.637. The zero-order valence-electron chi connectivity index (χ0n) is 11.2. The van der Waals surface area contributed by atoms with Gasteiger partial charge in [-0.1, -0.05) is 29.8 Å². The van der Waals surface area contributed by atoms with Gasteiger partial charge in [0.25, 0.3) is 10.0 Å². The van der Waals surface area contributed by atoms with Gasteiger partial charge in [-0.25, -0.2) is 8.42 Å². The van der Waals surface area contributed by atoms with Crippen molar-refractivity contribution in [1.29, 1.82) is 0 Å². The van der Waals surface area contributed by atoms with Crippen LogP contribution in [0.1, 0.15) is 5.56 Å². The van der Waals surface area contributed by atoms with Crippen molar-refractivity contribution in [3.63, 3.8) is 0 Å². The third kappa shape index (κ3) is 3.47. The van der Waals surface area contributed by atoms with Gasteiger partial charge in [0.05, 0.1) is 29.3 Å². The van der Waals surface area contributed by atoms with Crippen molar-refractivity contribution in [3.05, 3.63) is 53.1 Å². The largest absolute Gasteiger partial charge is 0.495 e. The Kier molecular flexibility index (Phi) is 4.72. The predicted octanol–water partition coefficient (Wildman–Crippen LogP) is 2.64. The van der Waals surface area contributed by atoms with Crippen LogP contribution in [0.25, 0.3) is 0 Å². The topological polar surface area (TPSA) is 75.6 Å². The molecule has 0 aliphatic rings. The van der Waals surface area contributed by atoms with E-state index in [1.165, 1.54) is 19.2 Å². The number of aliphatic hydroxyl groups excluding tert-OH is 1. The maximum Gasteiger partial charge on any atom is 0.262 e. The number of aliphatic hydroxyl groups is 1. The third-order valence-electron chi connectivity index (χ3n) is 2.84. The third-order valence-corrected chi connectivity index (χ3v) is 4.61. The summed E-state index contributed by atoms with van der Waals surface area (Å²) in [5, 5.41) is 9.53. The molecule has 0 aliphatic carbocycles. The van der Waals surface area contributed by atoms with Gasteiger partial charge in [0.1, 0.15) is 5.75 Å². The van der Waals surface area contributed by atoms with Gasteiger partial charge in [-0.2, -0.15) is 0 Å². The Morgan fingerprint density at radius 1 is 1.24 bits per heavy atom. The molecule has 0 fully saturated rings. The molecule has 0 bridgehead atoms. The number of sulfonamides is 1. The van der Waals surface area contributed by atoms with Crippen molar-refractivity contribution in [2.75, 3.05) is 11.8 Å². The number of nitrogens with one attached hydrogen (secondary N) is 1. The Balaban J connectivity index is 2.35. The van der Waals surface area contributed by atoms with Crippen molar-refractivity contribution in [3.8, 4) is 5.75 Å². The van der Waals surface area contributed by atoms with Gasteiger partial charge >= 0.3 is 0 Å². The van der Waals surface area contributed by atoms with E-state index in [4.69, 9.17) is 16.3 Å². The zero-order valence-corrected chi connectivity index (χ0v) is 12.8. The minimum atomic E-state index is -3.80. The van der Waals surface area contributed by atoms with Gasteiger partial charge in [-0.15, -0.1) is 0 Å². The molecule has 0 aromatic heterocycles. The minimum absolute atomic E-state index is 0.0273. The SMILES string of the molecule is COc1ccc(NS(=O)(=O)c2ccccc2CO)cc1Cl. The van der Waals surface area contributed by atoms with Crippen LogP contribution in [0.15, 0.2) is 47.4 Å². The van der Waals surface area contributed by atoms with E-state index in [0.29, 0.717) is 22.0 Å². The Hall–Kier alpha value is -1.76. The average molecular weight is 328 g/mol. The van der Waals surface area contributed by atoms with Gasteiger partial charge in [-0.05, 0) is 29.8 Å². The summed E-state index contributed by atoms with van der Waals surface area (Å²) >= 11 is 5.96. The summed E-state index contributed by atoms with van der Waals surface area (Å²) in [5.74, 6) is 0.454. The first-order valence-electron chi connectivity index (χ1n) is 6.03. The van der Waals surface area contributed by atoms with E-state index in [-0.39, 0.29) is 11.5 Å². The second-order valence-corrected chi connectivity index (χ2v) is 6.28. The molecule has 0 unspecified atom stereocenters. The van der Waals surface area contributed by atoms with Gasteiger partial charge in [0.15, 0.2) is 0 Å². The van der Waals surface area contributed by atoms with Gasteiger partial charge in [0.2, 0.25) is 0 Å². The van der Waals surface area contributed by atoms with Crippen LogP contribution in [-0.4, -0.2) is 20.6 Å². The molecule has 0 aliphatic heterocycles. The number of benzene rings is 2. The smallest absolute Gasteiger partial charge is 0.262 e. The number of ether oxygens (including phenoxy) is 1. The van der Waals surface area contributed by atoms with Crippen LogP contribution in [0, 0.1) is 0 Å². The van der Waals surface area contributed by atoms with Crippen LogP contribution >= 0.6 is 11.6 Å². The highest BCUT2D eigenvalue weighted by molar-refractivity contribution is 7.92. The summed E-state index contributed by atoms with van der Waals surface area (Å²) in [7, 11) is -2.33. The van der Waals surface area contributed by atoms with Crippen LogP contribution in [0.4, 0.5) is 5.69 Å². The fourth-order valence-corrected chi connectivity index (χ4v) is 3.38.